The first-order valence-electron chi connectivity index (χ1n) is 4.44. The highest BCUT2D eigenvalue weighted by molar-refractivity contribution is 5.50. The second-order valence-electron chi connectivity index (χ2n) is 2.77. The van der Waals surface area contributed by atoms with Crippen LogP contribution < -0.4 is 0 Å². The van der Waals surface area contributed by atoms with Crippen LogP contribution in [0.15, 0.2) is 30.8 Å². The van der Waals surface area contributed by atoms with Crippen LogP contribution in [0, 0.1) is 6.92 Å². The van der Waals surface area contributed by atoms with E-state index in [1.165, 1.54) is 17.5 Å². The Morgan fingerprint density at radius 1 is 1.25 bits per heavy atom. The van der Waals surface area contributed by atoms with Crippen LogP contribution in [0.25, 0.3) is 6.08 Å². The third kappa shape index (κ3) is 3.97. The van der Waals surface area contributed by atoms with Crippen LogP contribution in [0.4, 0.5) is 0 Å². The summed E-state index contributed by atoms with van der Waals surface area (Å²) in [7, 11) is 0. The Morgan fingerprint density at radius 2 is 1.75 bits per heavy atom. The molecule has 0 saturated carbocycles. The van der Waals surface area contributed by atoms with Gasteiger partial charge in [0.25, 0.3) is 0 Å². The molecule has 0 radical (unpaired) electrons. The summed E-state index contributed by atoms with van der Waals surface area (Å²) < 4.78 is 0. The number of hydrogen-bond acceptors (Lipinski definition) is 0. The molecule has 0 aliphatic rings. The van der Waals surface area contributed by atoms with Crippen molar-refractivity contribution >= 4 is 6.08 Å². The fourth-order valence-electron chi connectivity index (χ4n) is 0.816. The van der Waals surface area contributed by atoms with Crippen LogP contribution in [0.5, 0.6) is 0 Å². The molecule has 1 rings (SSSR count). The molecule has 0 aromatic heterocycles. The summed E-state index contributed by atoms with van der Waals surface area (Å²) in [5, 5.41) is 0. The van der Waals surface area contributed by atoms with E-state index in [-0.39, 0.29) is 0 Å². The SMILES string of the molecule is C=Cc1ccccc1C.CCC. The van der Waals surface area contributed by atoms with Crippen molar-refractivity contribution in [3.05, 3.63) is 42.0 Å². The minimum absolute atomic E-state index is 1.22. The molecule has 1 aromatic rings. The Kier molecular flexibility index (Phi) is 6.08. The summed E-state index contributed by atoms with van der Waals surface area (Å²) in [5.41, 5.74) is 2.50. The van der Waals surface area contributed by atoms with E-state index in [1.807, 2.05) is 18.2 Å². The zero-order chi connectivity index (χ0) is 9.40. The van der Waals surface area contributed by atoms with Gasteiger partial charge in [-0.15, -0.1) is 0 Å². The Morgan fingerprint density at radius 3 is 2.08 bits per heavy atom. The van der Waals surface area contributed by atoms with Gasteiger partial charge in [-0.2, -0.15) is 0 Å². The summed E-state index contributed by atoms with van der Waals surface area (Å²) in [6.07, 6.45) is 3.12. The van der Waals surface area contributed by atoms with Gasteiger partial charge in [0.2, 0.25) is 0 Å². The molecule has 0 saturated heterocycles. The largest absolute Gasteiger partial charge is 0.0985 e. The third-order valence-electron chi connectivity index (χ3n) is 1.41. The molecule has 12 heavy (non-hydrogen) atoms. The molecule has 0 fully saturated rings. The van der Waals surface area contributed by atoms with Crippen molar-refractivity contribution in [3.8, 4) is 0 Å². The molecule has 0 aliphatic carbocycles. The summed E-state index contributed by atoms with van der Waals surface area (Å²) in [6, 6.07) is 8.19. The number of aryl methyl sites for hydroxylation is 1. The predicted octanol–water partition coefficient (Wildman–Crippen LogP) is 4.05. The van der Waals surface area contributed by atoms with E-state index in [4.69, 9.17) is 0 Å². The molecule has 0 heteroatoms. The first-order chi connectivity index (χ1) is 5.76. The molecule has 0 unspecified atom stereocenters. The van der Waals surface area contributed by atoms with Gasteiger partial charge in [-0.25, -0.2) is 0 Å². The van der Waals surface area contributed by atoms with E-state index in [0.29, 0.717) is 0 Å². The third-order valence-corrected chi connectivity index (χ3v) is 1.41. The minimum atomic E-state index is 1.22. The highest BCUT2D eigenvalue weighted by Gasteiger charge is 1.86. The van der Waals surface area contributed by atoms with Gasteiger partial charge in [-0.3, -0.25) is 0 Å². The average molecular weight is 162 g/mol. The predicted molar refractivity (Wildman–Crippen MR) is 57.2 cm³/mol. The summed E-state index contributed by atoms with van der Waals surface area (Å²) in [4.78, 5) is 0. The quantitative estimate of drug-likeness (QED) is 0.584. The van der Waals surface area contributed by atoms with E-state index >= 15 is 0 Å². The van der Waals surface area contributed by atoms with Crippen molar-refractivity contribution in [1.29, 1.82) is 0 Å². The van der Waals surface area contributed by atoms with Crippen molar-refractivity contribution in [3.63, 3.8) is 0 Å². The molecule has 0 bridgehead atoms. The Hall–Kier alpha value is -1.04. The maximum atomic E-state index is 3.69. The van der Waals surface area contributed by atoms with Gasteiger partial charge in [0.15, 0.2) is 0 Å². The van der Waals surface area contributed by atoms with Gasteiger partial charge in [0.05, 0.1) is 0 Å². The first kappa shape index (κ1) is 11.0. The van der Waals surface area contributed by atoms with E-state index in [1.54, 1.807) is 0 Å². The van der Waals surface area contributed by atoms with Crippen LogP contribution in [0.3, 0.4) is 0 Å². The average Bonchev–Trinajstić information content (AvgIpc) is 2.07. The van der Waals surface area contributed by atoms with Gasteiger partial charge < -0.3 is 0 Å². The highest BCUT2D eigenvalue weighted by atomic mass is 13.9. The van der Waals surface area contributed by atoms with Crippen LogP contribution >= 0.6 is 0 Å². The van der Waals surface area contributed by atoms with E-state index in [9.17, 15) is 0 Å². The maximum absolute atomic E-state index is 3.69. The Bertz CT molecular complexity index is 223. The number of rotatable bonds is 1. The molecule has 0 N–H and O–H groups in total. The number of benzene rings is 1. The summed E-state index contributed by atoms with van der Waals surface area (Å²) in [6.45, 7) is 10.0. The van der Waals surface area contributed by atoms with Gasteiger partial charge >= 0.3 is 0 Å². The zero-order valence-electron chi connectivity index (χ0n) is 8.30. The van der Waals surface area contributed by atoms with E-state index in [2.05, 4.69) is 39.5 Å². The van der Waals surface area contributed by atoms with Gasteiger partial charge in [0.1, 0.15) is 0 Å². The van der Waals surface area contributed by atoms with Gasteiger partial charge in [-0.05, 0) is 18.1 Å². The van der Waals surface area contributed by atoms with Crippen molar-refractivity contribution in [2.45, 2.75) is 27.2 Å². The molecular formula is C12H18. The normalized spacial score (nSPS) is 8.25. The Labute approximate surface area is 75.9 Å². The Balaban J connectivity index is 0.000000354. The van der Waals surface area contributed by atoms with Crippen LogP contribution in [0.2, 0.25) is 0 Å². The second kappa shape index (κ2) is 6.66. The second-order valence-corrected chi connectivity index (χ2v) is 2.77. The lowest BCUT2D eigenvalue weighted by atomic mass is 10.1. The van der Waals surface area contributed by atoms with Crippen LogP contribution in [0.1, 0.15) is 31.4 Å². The van der Waals surface area contributed by atoms with Gasteiger partial charge in [-0.1, -0.05) is 57.2 Å². The lowest BCUT2D eigenvalue weighted by molar-refractivity contribution is 1.09. The molecule has 0 heterocycles. The summed E-state index contributed by atoms with van der Waals surface area (Å²) in [5.74, 6) is 0. The highest BCUT2D eigenvalue weighted by Crippen LogP contribution is 2.06. The van der Waals surface area contributed by atoms with Crippen molar-refractivity contribution in [1.82, 2.24) is 0 Å². The smallest absolute Gasteiger partial charge is 0.0233 e. The fourth-order valence-corrected chi connectivity index (χ4v) is 0.816. The van der Waals surface area contributed by atoms with E-state index < -0.39 is 0 Å². The molecule has 0 spiro atoms. The standard InChI is InChI=1S/C9H10.C3H8/c1-3-9-7-5-4-6-8(9)2;1-3-2/h3-7H,1H2,2H3;3H2,1-2H3. The van der Waals surface area contributed by atoms with Gasteiger partial charge in [0, 0.05) is 0 Å². The molecule has 0 aliphatic heterocycles. The van der Waals surface area contributed by atoms with E-state index in [0.717, 1.165) is 0 Å². The number of hydrogen-bond donors (Lipinski definition) is 0. The first-order valence-corrected chi connectivity index (χ1v) is 4.44. The van der Waals surface area contributed by atoms with Crippen LogP contribution in [-0.2, 0) is 0 Å². The minimum Gasteiger partial charge on any atom is -0.0985 e. The lowest BCUT2D eigenvalue weighted by Crippen LogP contribution is -1.75. The lowest BCUT2D eigenvalue weighted by Gasteiger charge is -1.95. The zero-order valence-corrected chi connectivity index (χ0v) is 8.30. The fraction of sp³-hybridized carbons (Fsp3) is 0.333. The maximum Gasteiger partial charge on any atom is -0.0233 e. The molecular weight excluding hydrogens is 144 g/mol. The molecule has 0 nitrogen and oxygen atoms in total. The molecule has 66 valence electrons. The van der Waals surface area contributed by atoms with Crippen molar-refractivity contribution in [2.75, 3.05) is 0 Å². The molecule has 0 atom stereocenters. The molecule has 0 amide bonds. The summed E-state index contributed by atoms with van der Waals surface area (Å²) >= 11 is 0. The molecule has 1 aromatic carbocycles. The topological polar surface area (TPSA) is 0 Å². The van der Waals surface area contributed by atoms with Crippen molar-refractivity contribution < 1.29 is 0 Å². The van der Waals surface area contributed by atoms with Crippen molar-refractivity contribution in [2.24, 2.45) is 0 Å². The van der Waals surface area contributed by atoms with Crippen LogP contribution in [-0.4, -0.2) is 0 Å². The monoisotopic (exact) mass is 162 g/mol.